The van der Waals surface area contributed by atoms with Gasteiger partial charge in [-0.2, -0.15) is 0 Å². The smallest absolute Gasteiger partial charge is 0.210 e. The van der Waals surface area contributed by atoms with Crippen LogP contribution in [0.3, 0.4) is 0 Å². The van der Waals surface area contributed by atoms with Gasteiger partial charge in [0.25, 0.3) is 0 Å². The SMILES string of the molecule is CC1CCC2C(C)(C)C2(O[CH]OC23CC(C)CCC2C3(C)C)C1. The predicted octanol–water partition coefficient (Wildman–Crippen LogP) is 5.57. The van der Waals surface area contributed by atoms with Gasteiger partial charge in [0.05, 0.1) is 11.2 Å². The van der Waals surface area contributed by atoms with Crippen molar-refractivity contribution in [2.75, 3.05) is 0 Å². The Labute approximate surface area is 142 Å². The van der Waals surface area contributed by atoms with Crippen LogP contribution in [0.1, 0.15) is 80.1 Å². The van der Waals surface area contributed by atoms with Crippen molar-refractivity contribution in [1.29, 1.82) is 0 Å². The Hall–Kier alpha value is -0.0800. The van der Waals surface area contributed by atoms with Crippen LogP contribution < -0.4 is 0 Å². The highest BCUT2D eigenvalue weighted by atomic mass is 16.7. The minimum absolute atomic E-state index is 0.0517. The average molecular weight is 320 g/mol. The molecule has 4 rings (SSSR count). The van der Waals surface area contributed by atoms with Crippen LogP contribution >= 0.6 is 0 Å². The van der Waals surface area contributed by atoms with Gasteiger partial charge in [0.2, 0.25) is 6.79 Å². The summed E-state index contributed by atoms with van der Waals surface area (Å²) in [6, 6.07) is 0. The molecule has 4 aliphatic rings. The Morgan fingerprint density at radius 3 is 1.48 bits per heavy atom. The number of hydrogen-bond acceptors (Lipinski definition) is 2. The molecule has 4 fully saturated rings. The zero-order chi connectivity index (χ0) is 16.7. The van der Waals surface area contributed by atoms with Gasteiger partial charge in [0, 0.05) is 0 Å². The fraction of sp³-hybridized carbons (Fsp3) is 0.952. The molecule has 0 bridgehead atoms. The van der Waals surface area contributed by atoms with Gasteiger partial charge in [-0.25, -0.2) is 0 Å². The molecule has 2 heteroatoms. The Morgan fingerprint density at radius 1 is 0.696 bits per heavy atom. The largest absolute Gasteiger partial charge is 0.340 e. The summed E-state index contributed by atoms with van der Waals surface area (Å²) in [6.45, 7) is 16.1. The minimum atomic E-state index is 0.0517. The Morgan fingerprint density at radius 2 is 1.09 bits per heavy atom. The molecule has 2 nitrogen and oxygen atoms in total. The normalized spacial score (nSPS) is 52.4. The van der Waals surface area contributed by atoms with Crippen molar-refractivity contribution < 1.29 is 9.47 Å². The van der Waals surface area contributed by atoms with Crippen LogP contribution in [0.15, 0.2) is 0 Å². The van der Waals surface area contributed by atoms with Crippen LogP contribution in [0.25, 0.3) is 0 Å². The summed E-state index contributed by atoms with van der Waals surface area (Å²) in [4.78, 5) is 0. The van der Waals surface area contributed by atoms with Gasteiger partial charge >= 0.3 is 0 Å². The third-order valence-electron chi connectivity index (χ3n) is 8.60. The zero-order valence-electron chi connectivity index (χ0n) is 15.9. The highest BCUT2D eigenvalue weighted by Crippen LogP contribution is 2.73. The standard InChI is InChI=1S/C21H35O2/c1-14-7-9-16-18(3,4)20(16,11-14)22-13-23-21-12-15(2)8-10-17(21)19(21,5)6/h13-17H,7-12H2,1-6H3. The summed E-state index contributed by atoms with van der Waals surface area (Å²) in [5.74, 6) is 2.99. The van der Waals surface area contributed by atoms with E-state index in [1.807, 2.05) is 0 Å². The number of hydrogen-bond donors (Lipinski definition) is 0. The van der Waals surface area contributed by atoms with Crippen LogP contribution in [-0.2, 0) is 9.47 Å². The van der Waals surface area contributed by atoms with Crippen molar-refractivity contribution in [2.24, 2.45) is 34.5 Å². The zero-order valence-corrected chi connectivity index (χ0v) is 15.9. The molecular formula is C21H35O2. The third-order valence-corrected chi connectivity index (χ3v) is 8.60. The first kappa shape index (κ1) is 16.4. The topological polar surface area (TPSA) is 18.5 Å². The number of fused-ring (bicyclic) bond motifs is 2. The van der Waals surface area contributed by atoms with E-state index in [2.05, 4.69) is 41.5 Å². The maximum Gasteiger partial charge on any atom is 0.210 e. The quantitative estimate of drug-likeness (QED) is 0.674. The van der Waals surface area contributed by atoms with Crippen molar-refractivity contribution in [3.8, 4) is 0 Å². The Balaban J connectivity index is 1.41. The highest BCUT2D eigenvalue weighted by molar-refractivity contribution is 5.24. The van der Waals surface area contributed by atoms with Crippen molar-refractivity contribution in [3.05, 3.63) is 6.79 Å². The summed E-state index contributed by atoms with van der Waals surface area (Å²) < 4.78 is 12.8. The molecule has 4 saturated carbocycles. The summed E-state index contributed by atoms with van der Waals surface area (Å²) in [5, 5.41) is 0. The second kappa shape index (κ2) is 4.75. The molecule has 0 aliphatic heterocycles. The first-order chi connectivity index (χ1) is 10.7. The van der Waals surface area contributed by atoms with E-state index >= 15 is 0 Å². The molecule has 0 aromatic carbocycles. The molecule has 0 N–H and O–H groups in total. The second-order valence-corrected chi connectivity index (χ2v) is 10.4. The van der Waals surface area contributed by atoms with Gasteiger partial charge < -0.3 is 9.47 Å². The van der Waals surface area contributed by atoms with Gasteiger partial charge in [-0.3, -0.25) is 0 Å². The monoisotopic (exact) mass is 319 g/mol. The van der Waals surface area contributed by atoms with E-state index in [1.165, 1.54) is 38.5 Å². The lowest BCUT2D eigenvalue weighted by Crippen LogP contribution is -2.31. The molecule has 0 saturated heterocycles. The van der Waals surface area contributed by atoms with E-state index in [4.69, 9.17) is 9.47 Å². The molecule has 0 amide bonds. The van der Waals surface area contributed by atoms with Crippen molar-refractivity contribution in [1.82, 2.24) is 0 Å². The van der Waals surface area contributed by atoms with Gasteiger partial charge in [0.15, 0.2) is 0 Å². The Bertz CT molecular complexity index is 452. The molecule has 0 aromatic rings. The molecule has 6 atom stereocenters. The van der Waals surface area contributed by atoms with Gasteiger partial charge in [-0.1, -0.05) is 54.4 Å². The van der Waals surface area contributed by atoms with E-state index in [9.17, 15) is 0 Å². The molecule has 1 radical (unpaired) electrons. The van der Waals surface area contributed by atoms with E-state index in [0.29, 0.717) is 10.8 Å². The predicted molar refractivity (Wildman–Crippen MR) is 92.5 cm³/mol. The third kappa shape index (κ3) is 2.00. The van der Waals surface area contributed by atoms with E-state index in [0.717, 1.165) is 23.7 Å². The van der Waals surface area contributed by atoms with E-state index in [1.54, 1.807) is 6.79 Å². The number of rotatable bonds is 4. The Kier molecular flexibility index (Phi) is 3.39. The van der Waals surface area contributed by atoms with Crippen LogP contribution in [0.4, 0.5) is 0 Å². The lowest BCUT2D eigenvalue weighted by molar-refractivity contribution is -0.117. The number of ether oxygens (including phenoxy) is 2. The summed E-state index contributed by atoms with van der Waals surface area (Å²) >= 11 is 0. The van der Waals surface area contributed by atoms with Crippen LogP contribution in [-0.4, -0.2) is 11.2 Å². The maximum absolute atomic E-state index is 6.41. The van der Waals surface area contributed by atoms with E-state index < -0.39 is 0 Å². The van der Waals surface area contributed by atoms with Gasteiger partial charge in [0.1, 0.15) is 0 Å². The molecule has 4 aliphatic carbocycles. The van der Waals surface area contributed by atoms with Crippen LogP contribution in [0.2, 0.25) is 0 Å². The molecular weight excluding hydrogens is 284 g/mol. The van der Waals surface area contributed by atoms with Crippen LogP contribution in [0.5, 0.6) is 0 Å². The fourth-order valence-corrected chi connectivity index (χ4v) is 6.75. The van der Waals surface area contributed by atoms with Gasteiger partial charge in [-0.15, -0.1) is 0 Å². The lowest BCUT2D eigenvalue weighted by Gasteiger charge is -2.31. The van der Waals surface area contributed by atoms with Gasteiger partial charge in [-0.05, 0) is 60.2 Å². The molecule has 6 unspecified atom stereocenters. The lowest BCUT2D eigenvalue weighted by atomic mass is 9.88. The average Bonchev–Trinajstić information content (AvgIpc) is 3.13. The molecule has 131 valence electrons. The molecule has 23 heavy (non-hydrogen) atoms. The molecule has 0 spiro atoms. The van der Waals surface area contributed by atoms with Crippen molar-refractivity contribution in [2.45, 2.75) is 91.3 Å². The summed E-state index contributed by atoms with van der Waals surface area (Å²) in [7, 11) is 0. The summed E-state index contributed by atoms with van der Waals surface area (Å²) in [6.07, 6.45) is 7.74. The molecule has 0 aromatic heterocycles. The summed E-state index contributed by atoms with van der Waals surface area (Å²) in [5.41, 5.74) is 0.730. The van der Waals surface area contributed by atoms with E-state index in [-0.39, 0.29) is 11.2 Å². The maximum atomic E-state index is 6.41. The first-order valence-electron chi connectivity index (χ1n) is 9.85. The van der Waals surface area contributed by atoms with Crippen molar-refractivity contribution >= 4 is 0 Å². The fourth-order valence-electron chi connectivity index (χ4n) is 6.75. The molecule has 0 heterocycles. The van der Waals surface area contributed by atoms with Crippen molar-refractivity contribution in [3.63, 3.8) is 0 Å². The second-order valence-electron chi connectivity index (χ2n) is 10.4. The first-order valence-corrected chi connectivity index (χ1v) is 9.85. The minimum Gasteiger partial charge on any atom is -0.340 e. The highest BCUT2D eigenvalue weighted by Gasteiger charge is 2.75. The van der Waals surface area contributed by atoms with Crippen LogP contribution in [0, 0.1) is 41.3 Å².